The molecule has 3 aliphatic rings. The van der Waals surface area contributed by atoms with Gasteiger partial charge < -0.3 is 18.8 Å². The summed E-state index contributed by atoms with van der Waals surface area (Å²) >= 11 is 5.99. The second kappa shape index (κ2) is 11.5. The highest BCUT2D eigenvalue weighted by molar-refractivity contribution is 6.30. The number of aromatic nitrogens is 5. The van der Waals surface area contributed by atoms with E-state index in [1.165, 1.54) is 6.07 Å². The molecule has 2 aromatic carbocycles. The molecule has 0 saturated carbocycles. The summed E-state index contributed by atoms with van der Waals surface area (Å²) in [6.45, 7) is 6.41. The summed E-state index contributed by atoms with van der Waals surface area (Å²) < 4.78 is 40.0. The number of aromatic amines is 1. The van der Waals surface area contributed by atoms with E-state index in [1.807, 2.05) is 18.2 Å². The van der Waals surface area contributed by atoms with Crippen LogP contribution in [-0.4, -0.2) is 55.9 Å². The predicted molar refractivity (Wildman–Crippen MR) is 166 cm³/mol. The van der Waals surface area contributed by atoms with E-state index >= 15 is 0 Å². The summed E-state index contributed by atoms with van der Waals surface area (Å²) in [5.74, 6) is 0.836. The number of benzene rings is 2. The molecule has 0 spiro atoms. The van der Waals surface area contributed by atoms with Gasteiger partial charge in [0.25, 0.3) is 5.79 Å². The number of hydrogen-bond acceptors (Lipinski definition) is 9. The Hall–Kier alpha value is -4.26. The molecule has 13 heteroatoms. The van der Waals surface area contributed by atoms with E-state index < -0.39 is 17.4 Å². The van der Waals surface area contributed by atoms with Gasteiger partial charge in [0.2, 0.25) is 0 Å². The Kier molecular flexibility index (Phi) is 7.30. The van der Waals surface area contributed by atoms with Crippen LogP contribution in [0.15, 0.2) is 58.0 Å². The molecule has 2 saturated heterocycles. The fraction of sp³-hybridized carbons (Fsp3) is 0.394. The molecule has 6 heterocycles. The Morgan fingerprint density at radius 3 is 2.76 bits per heavy atom. The maximum atomic E-state index is 14.9. The van der Waals surface area contributed by atoms with Crippen molar-refractivity contribution in [1.29, 1.82) is 0 Å². The maximum absolute atomic E-state index is 14.9. The number of H-pyrrole nitrogens is 1. The van der Waals surface area contributed by atoms with E-state index in [9.17, 15) is 9.18 Å². The Morgan fingerprint density at radius 2 is 2.00 bits per heavy atom. The molecule has 238 valence electrons. The zero-order chi connectivity index (χ0) is 31.4. The molecular weight excluding hydrogens is 615 g/mol. The fourth-order valence-electron chi connectivity index (χ4n) is 6.88. The third-order valence-corrected chi connectivity index (χ3v) is 9.50. The summed E-state index contributed by atoms with van der Waals surface area (Å²) in [6.07, 6.45) is 4.53. The second-order valence-electron chi connectivity index (χ2n) is 12.4. The van der Waals surface area contributed by atoms with Crippen molar-refractivity contribution >= 4 is 22.8 Å². The lowest BCUT2D eigenvalue weighted by molar-refractivity contribution is -0.0712. The molecule has 0 amide bonds. The van der Waals surface area contributed by atoms with E-state index in [4.69, 9.17) is 35.8 Å². The summed E-state index contributed by atoms with van der Waals surface area (Å²) in [7, 11) is 0. The second-order valence-corrected chi connectivity index (χ2v) is 12.8. The van der Waals surface area contributed by atoms with E-state index in [2.05, 4.69) is 30.2 Å². The number of para-hydroxylation sites is 1. The zero-order valence-electron chi connectivity index (χ0n) is 25.2. The van der Waals surface area contributed by atoms with Crippen LogP contribution in [-0.2, 0) is 23.6 Å². The van der Waals surface area contributed by atoms with Gasteiger partial charge in [0.05, 0.1) is 18.7 Å². The highest BCUT2D eigenvalue weighted by Crippen LogP contribution is 2.50. The number of ether oxygens (including phenoxy) is 3. The Balaban J connectivity index is 1.01. The minimum absolute atomic E-state index is 0.260. The summed E-state index contributed by atoms with van der Waals surface area (Å²) in [6, 6.07) is 12.3. The zero-order valence-corrected chi connectivity index (χ0v) is 25.9. The summed E-state index contributed by atoms with van der Waals surface area (Å²) in [5.41, 5.74) is 3.55. The molecule has 8 rings (SSSR count). The van der Waals surface area contributed by atoms with Crippen LogP contribution in [0.2, 0.25) is 5.02 Å². The molecular formula is C33H32ClFN6O5. The number of nitrogens with one attached hydrogen (secondary N) is 1. The standard InChI is InChI=1S/C33H32ClFN6O5/c1-33(24-6-5-22(34)14-25(24)35)44-27-4-2-3-23(29(27)45-33)20-7-10-40(11-8-20)17-28-37-26-13-21(30-38-32(42)46-39-30)15-36-31(26)41(28)16-19-9-12-43-18-19/h2-6,13-15,19-20H,7-12,16-18H2,1H3,(H,38,39,42)/t19-,33?/m1/s1. The Labute approximate surface area is 268 Å². The van der Waals surface area contributed by atoms with Crippen molar-refractivity contribution in [3.05, 3.63) is 87.0 Å². The molecule has 5 aromatic rings. The van der Waals surface area contributed by atoms with Crippen LogP contribution in [0, 0.1) is 11.7 Å². The lowest BCUT2D eigenvalue weighted by Gasteiger charge is -2.32. The molecule has 1 unspecified atom stereocenters. The monoisotopic (exact) mass is 646 g/mol. The molecule has 46 heavy (non-hydrogen) atoms. The topological polar surface area (TPSA) is 121 Å². The fourth-order valence-corrected chi connectivity index (χ4v) is 7.04. The Bertz CT molecular complexity index is 1980. The normalized spacial score (nSPS) is 21.8. The van der Waals surface area contributed by atoms with Gasteiger partial charge in [0, 0.05) is 48.3 Å². The highest BCUT2D eigenvalue weighted by Gasteiger charge is 2.43. The van der Waals surface area contributed by atoms with Crippen LogP contribution in [0.1, 0.15) is 49.1 Å². The highest BCUT2D eigenvalue weighted by atomic mass is 35.5. The first-order chi connectivity index (χ1) is 22.3. The number of rotatable bonds is 7. The third-order valence-electron chi connectivity index (χ3n) is 9.27. The number of piperidine rings is 1. The van der Waals surface area contributed by atoms with Crippen molar-refractivity contribution in [3.8, 4) is 22.9 Å². The molecule has 1 N–H and O–H groups in total. The van der Waals surface area contributed by atoms with Gasteiger partial charge in [0.1, 0.15) is 17.2 Å². The molecule has 0 aliphatic carbocycles. The molecule has 3 aromatic heterocycles. The summed E-state index contributed by atoms with van der Waals surface area (Å²) in [4.78, 5) is 26.3. The number of hydrogen-bond donors (Lipinski definition) is 1. The number of pyridine rings is 1. The van der Waals surface area contributed by atoms with E-state index in [0.29, 0.717) is 45.9 Å². The quantitative estimate of drug-likeness (QED) is 0.240. The van der Waals surface area contributed by atoms with Gasteiger partial charge in [-0.1, -0.05) is 28.9 Å². The van der Waals surface area contributed by atoms with Gasteiger partial charge in [-0.15, -0.1) is 0 Å². The lowest BCUT2D eigenvalue weighted by Crippen LogP contribution is -2.34. The average molecular weight is 647 g/mol. The van der Waals surface area contributed by atoms with Gasteiger partial charge in [-0.25, -0.2) is 19.2 Å². The largest absolute Gasteiger partial charge is 0.444 e. The molecule has 2 fully saturated rings. The number of halogens is 2. The number of nitrogens with zero attached hydrogens (tertiary/aromatic N) is 5. The van der Waals surface area contributed by atoms with Crippen LogP contribution in [0.4, 0.5) is 4.39 Å². The first kappa shape index (κ1) is 29.2. The predicted octanol–water partition coefficient (Wildman–Crippen LogP) is 5.63. The van der Waals surface area contributed by atoms with Crippen molar-refractivity contribution < 1.29 is 23.1 Å². The maximum Gasteiger partial charge on any atom is 0.439 e. The van der Waals surface area contributed by atoms with Gasteiger partial charge in [-0.3, -0.25) is 14.4 Å². The van der Waals surface area contributed by atoms with Gasteiger partial charge in [0.15, 0.2) is 23.0 Å². The van der Waals surface area contributed by atoms with Crippen LogP contribution in [0.25, 0.3) is 22.6 Å². The first-order valence-corrected chi connectivity index (χ1v) is 15.9. The molecule has 3 aliphatic heterocycles. The number of imidazole rings is 1. The van der Waals surface area contributed by atoms with Crippen molar-refractivity contribution in [2.75, 3.05) is 26.3 Å². The lowest BCUT2D eigenvalue weighted by atomic mass is 9.88. The first-order valence-electron chi connectivity index (χ1n) is 15.5. The molecule has 0 bridgehead atoms. The number of likely N-dealkylation sites (tertiary alicyclic amines) is 1. The number of fused-ring (bicyclic) bond motifs is 2. The minimum atomic E-state index is -1.28. The smallest absolute Gasteiger partial charge is 0.439 e. The molecule has 11 nitrogen and oxygen atoms in total. The summed E-state index contributed by atoms with van der Waals surface area (Å²) in [5, 5.41) is 4.12. The SMILES string of the molecule is CC1(c2ccc(Cl)cc2F)Oc2cccc(C3CCN(Cc4nc5cc(-c6noc(=O)[nH]6)cnc5n4C[C@H]4CCOC4)CC3)c2O1. The van der Waals surface area contributed by atoms with Crippen LogP contribution in [0.3, 0.4) is 0 Å². The van der Waals surface area contributed by atoms with Crippen LogP contribution < -0.4 is 15.2 Å². The molecule has 2 atom stereocenters. The average Bonchev–Trinajstić information content (AvgIpc) is 3.84. The van der Waals surface area contributed by atoms with Crippen LogP contribution >= 0.6 is 11.6 Å². The minimum Gasteiger partial charge on any atom is -0.444 e. The van der Waals surface area contributed by atoms with E-state index in [-0.39, 0.29) is 5.92 Å². The third kappa shape index (κ3) is 5.33. The van der Waals surface area contributed by atoms with Crippen LogP contribution in [0.5, 0.6) is 11.5 Å². The van der Waals surface area contributed by atoms with Gasteiger partial charge in [-0.05, 0) is 68.6 Å². The van der Waals surface area contributed by atoms with Crippen molar-refractivity contribution in [1.82, 2.24) is 29.6 Å². The van der Waals surface area contributed by atoms with E-state index in [0.717, 1.165) is 74.7 Å². The van der Waals surface area contributed by atoms with Gasteiger partial charge in [-0.2, -0.15) is 0 Å². The van der Waals surface area contributed by atoms with Gasteiger partial charge >= 0.3 is 5.76 Å². The van der Waals surface area contributed by atoms with Crippen molar-refractivity contribution in [2.45, 2.75) is 51.0 Å². The van der Waals surface area contributed by atoms with Crippen molar-refractivity contribution in [2.24, 2.45) is 5.92 Å². The van der Waals surface area contributed by atoms with Crippen molar-refractivity contribution in [3.63, 3.8) is 0 Å². The van der Waals surface area contributed by atoms with E-state index in [1.54, 1.807) is 25.3 Å². The molecule has 0 radical (unpaired) electrons. The Morgan fingerprint density at radius 1 is 1.13 bits per heavy atom.